The number of nitrogens with zero attached hydrogens (tertiary/aromatic N) is 2. The van der Waals surface area contributed by atoms with Crippen molar-refractivity contribution >= 4 is 29.1 Å². The molecule has 27 heavy (non-hydrogen) atoms. The molecule has 138 valence electrons. The molecular weight excluding hydrogens is 367 g/mol. The smallest absolute Gasteiger partial charge is 0.270 e. The summed E-state index contributed by atoms with van der Waals surface area (Å²) in [6, 6.07) is 15.2. The Morgan fingerprint density at radius 2 is 1.93 bits per heavy atom. The molecule has 1 heterocycles. The molecule has 0 aliphatic heterocycles. The van der Waals surface area contributed by atoms with Gasteiger partial charge in [0.05, 0.1) is 0 Å². The van der Waals surface area contributed by atoms with Gasteiger partial charge in [0.2, 0.25) is 5.95 Å². The predicted molar refractivity (Wildman–Crippen MR) is 104 cm³/mol. The van der Waals surface area contributed by atoms with E-state index in [-0.39, 0.29) is 17.4 Å². The topological polar surface area (TPSA) is 66.9 Å². The maximum absolute atomic E-state index is 13.6. The maximum Gasteiger partial charge on any atom is 0.270 e. The molecule has 5 nitrogen and oxygen atoms in total. The van der Waals surface area contributed by atoms with Gasteiger partial charge in [-0.15, -0.1) is 0 Å². The lowest BCUT2D eigenvalue weighted by atomic mass is 10.1. The third-order valence-corrected chi connectivity index (χ3v) is 4.04. The van der Waals surface area contributed by atoms with Crippen molar-refractivity contribution in [1.82, 2.24) is 15.3 Å². The fraction of sp³-hybridized carbons (Fsp3) is 0.150. The van der Waals surface area contributed by atoms with E-state index in [0.717, 1.165) is 5.69 Å². The van der Waals surface area contributed by atoms with Gasteiger partial charge in [0, 0.05) is 22.9 Å². The summed E-state index contributed by atoms with van der Waals surface area (Å²) in [7, 11) is 0. The molecular formula is C20H18ClFN4O. The van der Waals surface area contributed by atoms with Crippen molar-refractivity contribution in [3.05, 3.63) is 82.4 Å². The molecule has 1 aromatic heterocycles. The molecule has 1 amide bonds. The number of carbonyl (C=O) groups excluding carboxylic acids is 1. The van der Waals surface area contributed by atoms with Crippen molar-refractivity contribution < 1.29 is 9.18 Å². The summed E-state index contributed by atoms with van der Waals surface area (Å²) in [5.74, 6) is -0.319. The van der Waals surface area contributed by atoms with Crippen LogP contribution in [0, 0.1) is 12.7 Å². The van der Waals surface area contributed by atoms with Crippen LogP contribution in [-0.2, 0) is 6.42 Å². The van der Waals surface area contributed by atoms with Crippen LogP contribution in [0.4, 0.5) is 16.0 Å². The van der Waals surface area contributed by atoms with Crippen LogP contribution >= 0.6 is 11.6 Å². The molecule has 2 aromatic carbocycles. The molecule has 0 bridgehead atoms. The molecule has 0 fully saturated rings. The molecule has 3 rings (SSSR count). The zero-order chi connectivity index (χ0) is 19.2. The van der Waals surface area contributed by atoms with Gasteiger partial charge in [-0.1, -0.05) is 35.9 Å². The van der Waals surface area contributed by atoms with E-state index in [4.69, 9.17) is 11.6 Å². The third-order valence-electron chi connectivity index (χ3n) is 3.81. The first kappa shape index (κ1) is 18.8. The average Bonchev–Trinajstić information content (AvgIpc) is 2.63. The van der Waals surface area contributed by atoms with Gasteiger partial charge in [0.1, 0.15) is 11.5 Å². The molecule has 7 heteroatoms. The van der Waals surface area contributed by atoms with E-state index >= 15 is 0 Å². The molecule has 0 saturated heterocycles. The van der Waals surface area contributed by atoms with Crippen LogP contribution in [0.3, 0.4) is 0 Å². The minimum atomic E-state index is -0.342. The Hall–Kier alpha value is -2.99. The number of anilines is 2. The molecule has 0 unspecified atom stereocenters. The minimum Gasteiger partial charge on any atom is -0.350 e. The number of benzene rings is 2. The van der Waals surface area contributed by atoms with Gasteiger partial charge in [-0.05, 0) is 49.2 Å². The van der Waals surface area contributed by atoms with Crippen LogP contribution in [-0.4, -0.2) is 22.4 Å². The molecule has 2 N–H and O–H groups in total. The number of rotatable bonds is 6. The zero-order valence-electron chi connectivity index (χ0n) is 14.7. The Morgan fingerprint density at radius 3 is 2.70 bits per heavy atom. The monoisotopic (exact) mass is 384 g/mol. The van der Waals surface area contributed by atoms with E-state index in [9.17, 15) is 9.18 Å². The van der Waals surface area contributed by atoms with Crippen LogP contribution in [0.15, 0.2) is 54.6 Å². The van der Waals surface area contributed by atoms with E-state index in [0.29, 0.717) is 35.2 Å². The fourth-order valence-electron chi connectivity index (χ4n) is 2.54. The van der Waals surface area contributed by atoms with Gasteiger partial charge >= 0.3 is 0 Å². The van der Waals surface area contributed by atoms with Gasteiger partial charge in [0.15, 0.2) is 0 Å². The van der Waals surface area contributed by atoms with Crippen LogP contribution in [0.1, 0.15) is 21.7 Å². The van der Waals surface area contributed by atoms with Crippen LogP contribution < -0.4 is 10.6 Å². The predicted octanol–water partition coefficient (Wildman–Crippen LogP) is 4.29. The van der Waals surface area contributed by atoms with Crippen molar-refractivity contribution in [3.8, 4) is 0 Å². The van der Waals surface area contributed by atoms with E-state index in [2.05, 4.69) is 20.6 Å². The minimum absolute atomic E-state index is 0.237. The summed E-state index contributed by atoms with van der Waals surface area (Å²) in [5.41, 5.74) is 2.16. The fourth-order valence-corrected chi connectivity index (χ4v) is 2.73. The molecule has 0 saturated carbocycles. The average molecular weight is 385 g/mol. The van der Waals surface area contributed by atoms with Gasteiger partial charge < -0.3 is 10.6 Å². The Morgan fingerprint density at radius 1 is 1.11 bits per heavy atom. The van der Waals surface area contributed by atoms with E-state index < -0.39 is 0 Å². The van der Waals surface area contributed by atoms with E-state index in [1.165, 1.54) is 6.07 Å². The molecule has 3 aromatic rings. The van der Waals surface area contributed by atoms with Gasteiger partial charge in [-0.3, -0.25) is 4.79 Å². The molecule has 0 aliphatic carbocycles. The number of carbonyl (C=O) groups is 1. The van der Waals surface area contributed by atoms with Crippen molar-refractivity contribution in [2.75, 3.05) is 11.9 Å². The highest BCUT2D eigenvalue weighted by Gasteiger charge is 2.11. The largest absolute Gasteiger partial charge is 0.350 e. The van der Waals surface area contributed by atoms with E-state index in [1.807, 2.05) is 6.07 Å². The van der Waals surface area contributed by atoms with E-state index in [1.54, 1.807) is 49.4 Å². The second-order valence-corrected chi connectivity index (χ2v) is 6.39. The van der Waals surface area contributed by atoms with Crippen LogP contribution in [0.25, 0.3) is 0 Å². The number of halogens is 2. The van der Waals surface area contributed by atoms with Gasteiger partial charge in [-0.2, -0.15) is 0 Å². The first-order valence-electron chi connectivity index (χ1n) is 8.41. The summed E-state index contributed by atoms with van der Waals surface area (Å²) in [5, 5.41) is 6.37. The Kier molecular flexibility index (Phi) is 5.98. The number of hydrogen-bond donors (Lipinski definition) is 2. The number of aryl methyl sites for hydroxylation is 1. The number of hydrogen-bond acceptors (Lipinski definition) is 4. The highest BCUT2D eigenvalue weighted by molar-refractivity contribution is 6.30. The molecule has 0 radical (unpaired) electrons. The van der Waals surface area contributed by atoms with Crippen molar-refractivity contribution in [2.45, 2.75) is 13.3 Å². The molecule has 0 aliphatic rings. The normalized spacial score (nSPS) is 10.5. The Labute approximate surface area is 161 Å². The Bertz CT molecular complexity index is 964. The number of nitrogens with one attached hydrogen (secondary N) is 2. The van der Waals surface area contributed by atoms with Crippen molar-refractivity contribution in [2.24, 2.45) is 0 Å². The summed E-state index contributed by atoms with van der Waals surface area (Å²) in [6.45, 7) is 2.08. The summed E-state index contributed by atoms with van der Waals surface area (Å²) >= 11 is 5.97. The van der Waals surface area contributed by atoms with Gasteiger partial charge in [0.25, 0.3) is 5.91 Å². The van der Waals surface area contributed by atoms with Gasteiger partial charge in [-0.25, -0.2) is 14.4 Å². The standard InChI is InChI=1S/C20H18ClFN4O/c1-13-11-18(19(27)23-10-9-14-5-2-3-8-17(14)22)26-20(24-13)25-16-7-4-6-15(21)12-16/h2-8,11-12H,9-10H2,1H3,(H,23,27)(H,24,25,26). The first-order chi connectivity index (χ1) is 13.0. The summed E-state index contributed by atoms with van der Waals surface area (Å²) in [4.78, 5) is 20.9. The Balaban J connectivity index is 1.66. The first-order valence-corrected chi connectivity index (χ1v) is 8.79. The third kappa shape index (κ3) is 5.24. The van der Waals surface area contributed by atoms with Crippen LogP contribution in [0.2, 0.25) is 5.02 Å². The molecule has 0 spiro atoms. The lowest BCUT2D eigenvalue weighted by Gasteiger charge is -2.09. The lowest BCUT2D eigenvalue weighted by molar-refractivity contribution is 0.0949. The van der Waals surface area contributed by atoms with Crippen molar-refractivity contribution in [3.63, 3.8) is 0 Å². The van der Waals surface area contributed by atoms with Crippen LogP contribution in [0.5, 0.6) is 0 Å². The highest BCUT2D eigenvalue weighted by atomic mass is 35.5. The highest BCUT2D eigenvalue weighted by Crippen LogP contribution is 2.18. The second-order valence-electron chi connectivity index (χ2n) is 5.95. The summed E-state index contributed by atoms with van der Waals surface area (Å²) in [6.07, 6.45) is 0.399. The maximum atomic E-state index is 13.6. The van der Waals surface area contributed by atoms with Crippen molar-refractivity contribution in [1.29, 1.82) is 0 Å². The summed E-state index contributed by atoms with van der Waals surface area (Å²) < 4.78 is 13.6. The molecule has 0 atom stereocenters. The number of amides is 1. The number of aromatic nitrogens is 2. The lowest BCUT2D eigenvalue weighted by Crippen LogP contribution is -2.27. The zero-order valence-corrected chi connectivity index (χ0v) is 15.4. The quantitative estimate of drug-likeness (QED) is 0.665. The second kappa shape index (κ2) is 8.60. The SMILES string of the molecule is Cc1cc(C(=O)NCCc2ccccc2F)nc(Nc2cccc(Cl)c2)n1.